The summed E-state index contributed by atoms with van der Waals surface area (Å²) in [4.78, 5) is 14.6. The summed E-state index contributed by atoms with van der Waals surface area (Å²) in [5.74, 6) is 0.698. The summed E-state index contributed by atoms with van der Waals surface area (Å²) in [6.45, 7) is 6.40. The Morgan fingerprint density at radius 2 is 2.00 bits per heavy atom. The molecule has 2 aromatic rings. The van der Waals surface area contributed by atoms with Crippen LogP contribution in [0, 0.1) is 25.2 Å². The molecule has 2 rings (SSSR count). The molecule has 0 bridgehead atoms. The molecule has 1 N–H and O–H groups in total. The molecule has 0 saturated heterocycles. The maximum absolute atomic E-state index is 12.0. The Balaban J connectivity index is 2.69. The van der Waals surface area contributed by atoms with Crippen LogP contribution in [0.25, 0.3) is 11.1 Å². The van der Waals surface area contributed by atoms with E-state index >= 15 is 0 Å². The first-order valence-electron chi connectivity index (χ1n) is 6.94. The monoisotopic (exact) mass is 282 g/mol. The van der Waals surface area contributed by atoms with E-state index in [9.17, 15) is 10.1 Å². The lowest BCUT2D eigenvalue weighted by Gasteiger charge is -2.13. The van der Waals surface area contributed by atoms with E-state index in [4.69, 9.17) is 4.74 Å². The maximum atomic E-state index is 12.0. The number of nitrogens with one attached hydrogen (secondary N) is 1. The van der Waals surface area contributed by atoms with Gasteiger partial charge in [-0.15, -0.1) is 0 Å². The lowest BCUT2D eigenvalue weighted by atomic mass is 9.98. The highest BCUT2D eigenvalue weighted by atomic mass is 16.5. The summed E-state index contributed by atoms with van der Waals surface area (Å²) in [6.07, 6.45) is 0.896. The van der Waals surface area contributed by atoms with Gasteiger partial charge in [-0.2, -0.15) is 5.26 Å². The molecule has 0 atom stereocenters. The maximum Gasteiger partial charge on any atom is 0.266 e. The van der Waals surface area contributed by atoms with Crippen LogP contribution in [-0.4, -0.2) is 11.6 Å². The molecular weight excluding hydrogens is 264 g/mol. The van der Waals surface area contributed by atoms with Crippen LogP contribution in [0.1, 0.15) is 30.2 Å². The molecule has 0 spiro atoms. The minimum Gasteiger partial charge on any atom is -0.493 e. The molecule has 1 aromatic heterocycles. The number of aromatic amines is 1. The number of aromatic nitrogens is 1. The third-order valence-electron chi connectivity index (χ3n) is 3.17. The first kappa shape index (κ1) is 14.9. The van der Waals surface area contributed by atoms with E-state index < -0.39 is 0 Å². The highest BCUT2D eigenvalue weighted by Crippen LogP contribution is 2.32. The second-order valence-electron chi connectivity index (χ2n) is 5.03. The van der Waals surface area contributed by atoms with Crippen molar-refractivity contribution in [3.05, 3.63) is 51.4 Å². The number of nitriles is 1. The minimum atomic E-state index is -0.365. The average Bonchev–Trinajstić information content (AvgIpc) is 2.45. The van der Waals surface area contributed by atoms with Crippen molar-refractivity contribution in [2.75, 3.05) is 6.61 Å². The second kappa shape index (κ2) is 6.27. The van der Waals surface area contributed by atoms with E-state index in [-0.39, 0.29) is 11.1 Å². The van der Waals surface area contributed by atoms with Gasteiger partial charge in [0.1, 0.15) is 17.4 Å². The van der Waals surface area contributed by atoms with E-state index in [1.165, 1.54) is 0 Å². The molecule has 108 valence electrons. The van der Waals surface area contributed by atoms with Crippen molar-refractivity contribution < 1.29 is 4.74 Å². The largest absolute Gasteiger partial charge is 0.493 e. The van der Waals surface area contributed by atoms with E-state index in [1.54, 1.807) is 6.92 Å². The van der Waals surface area contributed by atoms with Gasteiger partial charge < -0.3 is 9.72 Å². The molecular formula is C17H18N2O2. The molecule has 0 aliphatic rings. The van der Waals surface area contributed by atoms with Crippen LogP contribution < -0.4 is 10.3 Å². The zero-order chi connectivity index (χ0) is 15.4. The van der Waals surface area contributed by atoms with Crippen LogP contribution in [0.3, 0.4) is 0 Å². The van der Waals surface area contributed by atoms with Gasteiger partial charge >= 0.3 is 0 Å². The normalized spacial score (nSPS) is 10.2. The number of benzene rings is 1. The fourth-order valence-electron chi connectivity index (χ4n) is 2.20. The SMILES string of the molecule is CCCOc1ccc(C)cc1-c1cc(C)[nH]c(=O)c1C#N. The van der Waals surface area contributed by atoms with Crippen molar-refractivity contribution >= 4 is 0 Å². The Morgan fingerprint density at radius 3 is 2.67 bits per heavy atom. The van der Waals surface area contributed by atoms with Crippen molar-refractivity contribution in [2.45, 2.75) is 27.2 Å². The summed E-state index contributed by atoms with van der Waals surface area (Å²) in [5.41, 5.74) is 2.93. The summed E-state index contributed by atoms with van der Waals surface area (Å²) in [5, 5.41) is 9.28. The standard InChI is InChI=1S/C17H18N2O2/c1-4-7-21-16-6-5-11(2)8-14(16)13-9-12(3)19-17(20)15(13)10-18/h5-6,8-9H,4,7H2,1-3H3,(H,19,20). The van der Waals surface area contributed by atoms with Crippen molar-refractivity contribution in [1.82, 2.24) is 4.98 Å². The lowest BCUT2D eigenvalue weighted by molar-refractivity contribution is 0.318. The fraction of sp³-hybridized carbons (Fsp3) is 0.294. The number of nitrogens with zero attached hydrogens (tertiary/aromatic N) is 1. The van der Waals surface area contributed by atoms with Gasteiger partial charge in [0.2, 0.25) is 0 Å². The molecule has 0 saturated carbocycles. The molecule has 1 heterocycles. The van der Waals surface area contributed by atoms with Crippen molar-refractivity contribution in [3.8, 4) is 22.9 Å². The summed E-state index contributed by atoms with van der Waals surface area (Å²) < 4.78 is 5.75. The Labute approximate surface area is 124 Å². The van der Waals surface area contributed by atoms with E-state index in [2.05, 4.69) is 4.98 Å². The molecule has 0 amide bonds. The third kappa shape index (κ3) is 3.14. The number of rotatable bonds is 4. The predicted octanol–water partition coefficient (Wildman–Crippen LogP) is 3.32. The second-order valence-corrected chi connectivity index (χ2v) is 5.03. The molecule has 0 aliphatic heterocycles. The van der Waals surface area contributed by atoms with Crippen LogP contribution in [-0.2, 0) is 0 Å². The average molecular weight is 282 g/mol. The van der Waals surface area contributed by atoms with Crippen LogP contribution >= 0.6 is 0 Å². The fourth-order valence-corrected chi connectivity index (χ4v) is 2.20. The molecule has 0 fully saturated rings. The van der Waals surface area contributed by atoms with Gasteiger partial charge in [-0.3, -0.25) is 4.79 Å². The summed E-state index contributed by atoms with van der Waals surface area (Å²) in [6, 6.07) is 9.60. The van der Waals surface area contributed by atoms with Gasteiger partial charge in [-0.25, -0.2) is 0 Å². The van der Waals surface area contributed by atoms with Gasteiger partial charge in [0.15, 0.2) is 0 Å². The molecule has 0 aliphatic carbocycles. The molecule has 21 heavy (non-hydrogen) atoms. The van der Waals surface area contributed by atoms with E-state index in [1.807, 2.05) is 44.2 Å². The number of ether oxygens (including phenoxy) is 1. The molecule has 1 aromatic carbocycles. The smallest absolute Gasteiger partial charge is 0.266 e. The van der Waals surface area contributed by atoms with Gasteiger partial charge in [-0.05, 0) is 38.5 Å². The summed E-state index contributed by atoms with van der Waals surface area (Å²) >= 11 is 0. The van der Waals surface area contributed by atoms with Crippen LogP contribution in [0.4, 0.5) is 0 Å². The highest BCUT2D eigenvalue weighted by Gasteiger charge is 2.14. The van der Waals surface area contributed by atoms with Crippen LogP contribution in [0.5, 0.6) is 5.75 Å². The first-order valence-corrected chi connectivity index (χ1v) is 6.94. The zero-order valence-corrected chi connectivity index (χ0v) is 12.5. The molecule has 0 unspecified atom stereocenters. The number of hydrogen-bond acceptors (Lipinski definition) is 3. The minimum absolute atomic E-state index is 0.118. The molecule has 4 nitrogen and oxygen atoms in total. The highest BCUT2D eigenvalue weighted by molar-refractivity contribution is 5.76. The Bertz CT molecular complexity index is 754. The topological polar surface area (TPSA) is 65.9 Å². The van der Waals surface area contributed by atoms with Crippen LogP contribution in [0.2, 0.25) is 0 Å². The quantitative estimate of drug-likeness (QED) is 0.935. The van der Waals surface area contributed by atoms with Gasteiger partial charge in [0.25, 0.3) is 5.56 Å². The number of aryl methyl sites for hydroxylation is 2. The van der Waals surface area contributed by atoms with E-state index in [0.29, 0.717) is 17.9 Å². The van der Waals surface area contributed by atoms with Crippen molar-refractivity contribution in [3.63, 3.8) is 0 Å². The lowest BCUT2D eigenvalue weighted by Crippen LogP contribution is -2.13. The van der Waals surface area contributed by atoms with E-state index in [0.717, 1.165) is 23.2 Å². The molecule has 4 heteroatoms. The molecule has 0 radical (unpaired) electrons. The Morgan fingerprint density at radius 1 is 1.24 bits per heavy atom. The predicted molar refractivity (Wildman–Crippen MR) is 82.5 cm³/mol. The van der Waals surface area contributed by atoms with Crippen molar-refractivity contribution in [2.24, 2.45) is 0 Å². The zero-order valence-electron chi connectivity index (χ0n) is 12.5. The first-order chi connectivity index (χ1) is 10.1. The van der Waals surface area contributed by atoms with Gasteiger partial charge in [0, 0.05) is 16.8 Å². The number of hydrogen-bond donors (Lipinski definition) is 1. The van der Waals surface area contributed by atoms with Crippen molar-refractivity contribution in [1.29, 1.82) is 5.26 Å². The Hall–Kier alpha value is -2.54. The third-order valence-corrected chi connectivity index (χ3v) is 3.17. The van der Waals surface area contributed by atoms with Crippen LogP contribution in [0.15, 0.2) is 29.1 Å². The number of pyridine rings is 1. The summed E-state index contributed by atoms with van der Waals surface area (Å²) in [7, 11) is 0. The van der Waals surface area contributed by atoms with Gasteiger partial charge in [-0.1, -0.05) is 18.6 Å². The van der Waals surface area contributed by atoms with Gasteiger partial charge in [0.05, 0.1) is 6.61 Å². The number of H-pyrrole nitrogens is 1. The Kier molecular flexibility index (Phi) is 4.44.